The van der Waals surface area contributed by atoms with Gasteiger partial charge in [-0.05, 0) is 36.4 Å². The Morgan fingerprint density at radius 1 is 0.957 bits per heavy atom. The molecule has 0 unspecified atom stereocenters. The summed E-state index contributed by atoms with van der Waals surface area (Å²) in [6.45, 7) is 0. The molecule has 0 amide bonds. The lowest BCUT2D eigenvalue weighted by Gasteiger charge is -2.09. The van der Waals surface area contributed by atoms with E-state index in [-0.39, 0.29) is 11.3 Å². The molecule has 0 radical (unpaired) electrons. The minimum atomic E-state index is -0.721. The molecule has 0 fully saturated rings. The minimum Gasteiger partial charge on any atom is -0.497 e. The molecule has 5 nitrogen and oxygen atoms in total. The molecule has 0 spiro atoms. The molecule has 1 heterocycles. The fourth-order valence-electron chi connectivity index (χ4n) is 2.42. The molecule has 0 aliphatic heterocycles. The largest absolute Gasteiger partial charge is 0.497 e. The Morgan fingerprint density at radius 2 is 1.65 bits per heavy atom. The van der Waals surface area contributed by atoms with E-state index in [0.717, 1.165) is 0 Å². The van der Waals surface area contributed by atoms with Crippen molar-refractivity contribution in [3.63, 3.8) is 0 Å². The van der Waals surface area contributed by atoms with Crippen molar-refractivity contribution in [1.29, 1.82) is 0 Å². The maximum atomic E-state index is 12.7. The van der Waals surface area contributed by atoms with Crippen LogP contribution in [-0.2, 0) is 0 Å². The number of benzene rings is 2. The molecule has 5 heteroatoms. The lowest BCUT2D eigenvalue weighted by molar-refractivity contribution is 0.103. The van der Waals surface area contributed by atoms with Gasteiger partial charge in [0.25, 0.3) is 0 Å². The van der Waals surface area contributed by atoms with Gasteiger partial charge in [-0.15, -0.1) is 0 Å². The van der Waals surface area contributed by atoms with Gasteiger partial charge in [-0.3, -0.25) is 4.79 Å². The summed E-state index contributed by atoms with van der Waals surface area (Å²) in [6.07, 6.45) is 0. The third kappa shape index (κ3) is 2.57. The van der Waals surface area contributed by atoms with Crippen molar-refractivity contribution in [2.45, 2.75) is 0 Å². The molecular weight excluding hydrogens is 296 g/mol. The topological polar surface area (TPSA) is 65.7 Å². The standard InChI is InChI=1S/C18H14O5/c1-21-12-9-7-11(8-10-12)16(19)15-17(22-2)13-5-3-4-6-14(13)23-18(15)20/h3-10H,1-2H3. The monoisotopic (exact) mass is 310 g/mol. The van der Waals surface area contributed by atoms with E-state index in [1.165, 1.54) is 14.2 Å². The first kappa shape index (κ1) is 14.8. The van der Waals surface area contributed by atoms with Crippen molar-refractivity contribution >= 4 is 16.8 Å². The second-order valence-electron chi connectivity index (χ2n) is 4.85. The summed E-state index contributed by atoms with van der Waals surface area (Å²) in [5.41, 5.74) is -0.106. The third-order valence-corrected chi connectivity index (χ3v) is 3.55. The second kappa shape index (κ2) is 5.96. The van der Waals surface area contributed by atoms with Gasteiger partial charge in [0.1, 0.15) is 17.1 Å². The molecule has 3 aromatic rings. The molecule has 23 heavy (non-hydrogen) atoms. The van der Waals surface area contributed by atoms with Gasteiger partial charge in [-0.2, -0.15) is 0 Å². The quantitative estimate of drug-likeness (QED) is 0.547. The molecule has 116 valence electrons. The van der Waals surface area contributed by atoms with E-state index in [4.69, 9.17) is 13.9 Å². The molecule has 0 saturated heterocycles. The van der Waals surface area contributed by atoms with Crippen LogP contribution in [0.1, 0.15) is 15.9 Å². The number of rotatable bonds is 4. The zero-order valence-electron chi connectivity index (χ0n) is 12.7. The van der Waals surface area contributed by atoms with Crippen molar-refractivity contribution in [3.8, 4) is 11.5 Å². The maximum absolute atomic E-state index is 12.7. The molecule has 3 rings (SSSR count). The summed E-state index contributed by atoms with van der Waals surface area (Å²) in [5.74, 6) is 0.390. The van der Waals surface area contributed by atoms with Gasteiger partial charge in [-0.1, -0.05) is 12.1 Å². The summed E-state index contributed by atoms with van der Waals surface area (Å²) in [4.78, 5) is 25.0. The van der Waals surface area contributed by atoms with Crippen LogP contribution in [-0.4, -0.2) is 20.0 Å². The van der Waals surface area contributed by atoms with Crippen molar-refractivity contribution in [3.05, 3.63) is 70.1 Å². The summed E-state index contributed by atoms with van der Waals surface area (Å²) < 4.78 is 15.6. The number of fused-ring (bicyclic) bond motifs is 1. The first-order valence-corrected chi connectivity index (χ1v) is 6.94. The van der Waals surface area contributed by atoms with E-state index in [2.05, 4.69) is 0 Å². The van der Waals surface area contributed by atoms with E-state index < -0.39 is 11.4 Å². The Bertz CT molecular complexity index is 922. The Labute approximate surface area is 132 Å². The van der Waals surface area contributed by atoms with E-state index in [0.29, 0.717) is 22.3 Å². The SMILES string of the molecule is COc1ccc(C(=O)c2c(OC)c3ccccc3oc2=O)cc1. The van der Waals surface area contributed by atoms with Gasteiger partial charge in [0.05, 0.1) is 19.6 Å². The molecule has 0 bridgehead atoms. The van der Waals surface area contributed by atoms with Crippen LogP contribution in [0.15, 0.2) is 57.7 Å². The maximum Gasteiger partial charge on any atom is 0.351 e. The van der Waals surface area contributed by atoms with Gasteiger partial charge in [0.15, 0.2) is 5.56 Å². The fraction of sp³-hybridized carbons (Fsp3) is 0.111. The smallest absolute Gasteiger partial charge is 0.351 e. The van der Waals surface area contributed by atoms with Crippen LogP contribution in [0, 0.1) is 0 Å². The molecule has 0 aliphatic carbocycles. The molecule has 2 aromatic carbocycles. The first-order valence-electron chi connectivity index (χ1n) is 6.94. The van der Waals surface area contributed by atoms with Crippen LogP contribution in [0.2, 0.25) is 0 Å². The predicted molar refractivity (Wildman–Crippen MR) is 85.5 cm³/mol. The highest BCUT2D eigenvalue weighted by Crippen LogP contribution is 2.28. The number of ketones is 1. The van der Waals surface area contributed by atoms with Gasteiger partial charge in [-0.25, -0.2) is 4.79 Å². The predicted octanol–water partition coefficient (Wildman–Crippen LogP) is 3.04. The zero-order chi connectivity index (χ0) is 16.4. The Morgan fingerprint density at radius 3 is 2.30 bits per heavy atom. The van der Waals surface area contributed by atoms with E-state index >= 15 is 0 Å². The summed E-state index contributed by atoms with van der Waals surface area (Å²) in [5, 5.41) is 0.575. The number of hydrogen-bond acceptors (Lipinski definition) is 5. The third-order valence-electron chi connectivity index (χ3n) is 3.55. The van der Waals surface area contributed by atoms with Crippen LogP contribution in [0.25, 0.3) is 11.0 Å². The summed E-state index contributed by atoms with van der Waals surface area (Å²) in [7, 11) is 2.96. The van der Waals surface area contributed by atoms with E-state index in [1.54, 1.807) is 48.5 Å². The van der Waals surface area contributed by atoms with Crippen molar-refractivity contribution < 1.29 is 18.7 Å². The highest BCUT2D eigenvalue weighted by Gasteiger charge is 2.23. The molecule has 0 aliphatic rings. The van der Waals surface area contributed by atoms with Crippen LogP contribution in [0.4, 0.5) is 0 Å². The zero-order valence-corrected chi connectivity index (χ0v) is 12.7. The average Bonchev–Trinajstić information content (AvgIpc) is 2.60. The number of hydrogen-bond donors (Lipinski definition) is 0. The van der Waals surface area contributed by atoms with Crippen LogP contribution in [0.3, 0.4) is 0 Å². The molecular formula is C18H14O5. The second-order valence-corrected chi connectivity index (χ2v) is 4.85. The first-order chi connectivity index (χ1) is 11.2. The number of para-hydroxylation sites is 1. The van der Waals surface area contributed by atoms with Gasteiger partial charge in [0, 0.05) is 5.56 Å². The minimum absolute atomic E-state index is 0.114. The number of methoxy groups -OCH3 is 2. The molecule has 1 aromatic heterocycles. The highest BCUT2D eigenvalue weighted by atomic mass is 16.5. The molecule has 0 saturated carbocycles. The number of carbonyl (C=O) groups is 1. The Kier molecular flexibility index (Phi) is 3.85. The van der Waals surface area contributed by atoms with Crippen molar-refractivity contribution in [2.75, 3.05) is 14.2 Å². The van der Waals surface area contributed by atoms with Gasteiger partial charge >= 0.3 is 5.63 Å². The average molecular weight is 310 g/mol. The normalized spacial score (nSPS) is 10.5. The van der Waals surface area contributed by atoms with E-state index in [1.807, 2.05) is 0 Å². The van der Waals surface area contributed by atoms with Gasteiger partial charge in [0.2, 0.25) is 5.78 Å². The van der Waals surface area contributed by atoms with Gasteiger partial charge < -0.3 is 13.9 Å². The summed E-state index contributed by atoms with van der Waals surface area (Å²) in [6, 6.07) is 13.4. The summed E-state index contributed by atoms with van der Waals surface area (Å²) >= 11 is 0. The number of ether oxygens (including phenoxy) is 2. The van der Waals surface area contributed by atoms with E-state index in [9.17, 15) is 9.59 Å². The Balaban J connectivity index is 2.19. The number of carbonyl (C=O) groups excluding carboxylic acids is 1. The molecule has 0 atom stereocenters. The Hall–Kier alpha value is -3.08. The highest BCUT2D eigenvalue weighted by molar-refractivity contribution is 6.12. The van der Waals surface area contributed by atoms with Crippen molar-refractivity contribution in [2.24, 2.45) is 0 Å². The van der Waals surface area contributed by atoms with Crippen LogP contribution in [0.5, 0.6) is 11.5 Å². The van der Waals surface area contributed by atoms with Crippen molar-refractivity contribution in [1.82, 2.24) is 0 Å². The van der Waals surface area contributed by atoms with Crippen LogP contribution < -0.4 is 15.1 Å². The lowest BCUT2D eigenvalue weighted by Crippen LogP contribution is -2.17. The molecule has 0 N–H and O–H groups in total. The fourth-order valence-corrected chi connectivity index (χ4v) is 2.42. The lowest BCUT2D eigenvalue weighted by atomic mass is 10.0. The van der Waals surface area contributed by atoms with Crippen LogP contribution >= 0.6 is 0 Å².